The van der Waals surface area contributed by atoms with Crippen molar-refractivity contribution >= 4 is 6.16 Å². The molecule has 0 rings (SSSR count). The summed E-state index contributed by atoms with van der Waals surface area (Å²) in [6.07, 6.45) is -1.83. The van der Waals surface area contributed by atoms with E-state index in [9.17, 15) is 0 Å². The molecule has 0 amide bonds. The van der Waals surface area contributed by atoms with E-state index in [-0.39, 0.29) is 68.6 Å². The molecule has 0 aromatic rings. The van der Waals surface area contributed by atoms with Gasteiger partial charge in [0, 0.05) is 0 Å². The molecule has 0 atom stereocenters. The van der Waals surface area contributed by atoms with Crippen molar-refractivity contribution in [1.82, 2.24) is 0 Å². The van der Waals surface area contributed by atoms with Gasteiger partial charge in [-0.2, -0.15) is 0 Å². The van der Waals surface area contributed by atoms with E-state index in [0.717, 1.165) is 0 Å². The first-order chi connectivity index (χ1) is 1.73. The van der Waals surface area contributed by atoms with E-state index in [1.165, 1.54) is 0 Å². The van der Waals surface area contributed by atoms with E-state index >= 15 is 0 Å². The van der Waals surface area contributed by atoms with Gasteiger partial charge < -0.3 is 37.6 Å². The second-order valence-electron chi connectivity index (χ2n) is 0.283. The molecule has 0 fully saturated rings. The minimum atomic E-state index is -1.83. The van der Waals surface area contributed by atoms with Crippen molar-refractivity contribution in [2.75, 3.05) is 0 Å². The van der Waals surface area contributed by atoms with Gasteiger partial charge in [-0.25, -0.2) is 4.79 Å². The van der Waals surface area contributed by atoms with Crippen LogP contribution in [0.5, 0.6) is 0 Å². The minimum absolute atomic E-state index is 0. The van der Waals surface area contributed by atoms with Crippen LogP contribution in [0.4, 0.5) is 4.79 Å². The number of hydrogen-bond acceptors (Lipinski definition) is 1. The average Bonchev–Trinajstić information content (AvgIpc) is 0.811. The van der Waals surface area contributed by atoms with Gasteiger partial charge in [-0.1, -0.05) is 0 Å². The number of hydrogen-bond donors (Lipinski definition) is 2. The van der Waals surface area contributed by atoms with Crippen LogP contribution in [-0.2, 0) is 38.8 Å². The molecule has 0 spiro atoms. The van der Waals surface area contributed by atoms with Crippen molar-refractivity contribution in [3.05, 3.63) is 0 Å². The quantitative estimate of drug-likeness (QED) is 0.403. The molecule has 0 heterocycles. The van der Waals surface area contributed by atoms with Crippen LogP contribution < -0.4 is 18.9 Å². The van der Waals surface area contributed by atoms with Crippen LogP contribution in [0.3, 0.4) is 0 Å². The molecular weight excluding hydrogens is 240 g/mol. The van der Waals surface area contributed by atoms with Gasteiger partial charge in [0.05, 0.1) is 0 Å². The molecule has 0 saturated carbocycles. The van der Waals surface area contributed by atoms with Gasteiger partial charge in [0.2, 0.25) is 0 Å². The zero-order chi connectivity index (χ0) is 3.58. The maximum atomic E-state index is 8.56. The van der Waals surface area contributed by atoms with Gasteiger partial charge in [-0.05, 0) is 0 Å². The van der Waals surface area contributed by atoms with Crippen molar-refractivity contribution < 1.29 is 83.6 Å². The predicted molar refractivity (Wildman–Crippen MR) is 19.9 cm³/mol. The van der Waals surface area contributed by atoms with Crippen LogP contribution in [0, 0.1) is 0 Å². The van der Waals surface area contributed by atoms with Crippen LogP contribution >= 0.6 is 0 Å². The first kappa shape index (κ1) is 106. The van der Waals surface area contributed by atoms with Gasteiger partial charge in [-0.15, -0.1) is 0 Å². The fourth-order valence-electron chi connectivity index (χ4n) is 0. The minimum Gasteiger partial charge on any atom is -2.00 e. The third-order valence-electron chi connectivity index (χ3n) is 0. The molecule has 0 bridgehead atoms. The second-order valence-corrected chi connectivity index (χ2v) is 0.283. The molecule has 6 N–H and O–H groups in total. The Morgan fingerprint density at radius 1 is 0.909 bits per heavy atom. The number of carbonyl (C=O) groups is 1. The summed E-state index contributed by atoms with van der Waals surface area (Å²) < 4.78 is 0. The maximum Gasteiger partial charge on any atom is 5.00 e. The summed E-state index contributed by atoms with van der Waals surface area (Å²) in [6.45, 7) is 0. The molecule has 0 unspecified atom stereocenters. The Hall–Kier alpha value is 0.408. The smallest absolute Gasteiger partial charge is 2.00 e. The van der Waals surface area contributed by atoms with Gasteiger partial charge in [0.25, 0.3) is 0 Å². The largest absolute Gasteiger partial charge is 5.00 e. The standard InChI is InChI=1S/CH2O3.Li.Nb.2H2O.3O/c2-1(3)4;;;;;;;/h(H2,2,3,4);;;2*1H2;;;/q;+1;+5;;;3*-2. The topological polar surface area (TPSA) is 206 Å². The van der Waals surface area contributed by atoms with Gasteiger partial charge in [0.15, 0.2) is 0 Å². The summed E-state index contributed by atoms with van der Waals surface area (Å²) in [7, 11) is 0. The Kier molecular flexibility index (Phi) is 767. The van der Waals surface area contributed by atoms with Crippen LogP contribution in [0.2, 0.25) is 0 Å². The Balaban J connectivity index is -0.00000000214. The number of carboxylic acid groups (broad SMARTS) is 2. The van der Waals surface area contributed by atoms with E-state index in [4.69, 9.17) is 15.0 Å². The molecule has 10 heteroatoms. The Morgan fingerprint density at radius 2 is 0.909 bits per heavy atom. The summed E-state index contributed by atoms with van der Waals surface area (Å²) in [4.78, 5) is 8.56. The third kappa shape index (κ3) is 4430. The fourth-order valence-corrected chi connectivity index (χ4v) is 0. The summed E-state index contributed by atoms with van der Waals surface area (Å²) in [5, 5.41) is 13.9. The first-order valence-corrected chi connectivity index (χ1v) is 0.651. The fraction of sp³-hybridized carbons (Fsp3) is 0. The van der Waals surface area contributed by atoms with E-state index in [1.54, 1.807) is 0 Å². The third-order valence-corrected chi connectivity index (χ3v) is 0. The molecule has 8 nitrogen and oxygen atoms in total. The molecule has 0 saturated heterocycles. The monoisotopic (exact) mass is 246 g/mol. The Morgan fingerprint density at radius 3 is 0.909 bits per heavy atom. The first-order valence-electron chi connectivity index (χ1n) is 0.651. The molecule has 0 aliphatic heterocycles. The van der Waals surface area contributed by atoms with E-state index in [1.807, 2.05) is 0 Å². The summed E-state index contributed by atoms with van der Waals surface area (Å²) in [6, 6.07) is 0. The molecule has 0 aliphatic rings. The van der Waals surface area contributed by atoms with Crippen LogP contribution in [0.25, 0.3) is 0 Å². The number of rotatable bonds is 0. The SMILES string of the molecule is O.O.O=C(O)O.[Li+].[Nb+5].[O-2].[O-2].[O-2]. The molecule has 0 aromatic heterocycles. The van der Waals surface area contributed by atoms with Gasteiger partial charge >= 0.3 is 47.4 Å². The van der Waals surface area contributed by atoms with Crippen molar-refractivity contribution in [2.45, 2.75) is 0 Å². The van der Waals surface area contributed by atoms with Crippen LogP contribution in [0.15, 0.2) is 0 Å². The zero-order valence-corrected chi connectivity index (χ0v) is 7.67. The van der Waals surface area contributed by atoms with Crippen molar-refractivity contribution in [3.63, 3.8) is 0 Å². The molecule has 0 radical (unpaired) electrons. The zero-order valence-electron chi connectivity index (χ0n) is 5.47. The predicted octanol–water partition coefficient (Wildman–Crippen LogP) is -4.78. The molecule has 0 aromatic carbocycles. The van der Waals surface area contributed by atoms with Crippen molar-refractivity contribution in [2.24, 2.45) is 0 Å². The van der Waals surface area contributed by atoms with Crippen molar-refractivity contribution in [1.29, 1.82) is 0 Å². The maximum absolute atomic E-state index is 8.56. The van der Waals surface area contributed by atoms with Crippen LogP contribution in [0.1, 0.15) is 0 Å². The summed E-state index contributed by atoms with van der Waals surface area (Å²) >= 11 is 0. The van der Waals surface area contributed by atoms with E-state index in [0.29, 0.717) is 0 Å². The van der Waals surface area contributed by atoms with E-state index in [2.05, 4.69) is 0 Å². The molecule has 64 valence electrons. The van der Waals surface area contributed by atoms with Gasteiger partial charge in [-0.3, -0.25) is 0 Å². The van der Waals surface area contributed by atoms with E-state index < -0.39 is 6.16 Å². The molecular formula is CH6LiNbO8. The normalized spacial score (nSPS) is 2.18. The van der Waals surface area contributed by atoms with Crippen molar-refractivity contribution in [3.8, 4) is 0 Å². The summed E-state index contributed by atoms with van der Waals surface area (Å²) in [5.74, 6) is 0. The Labute approximate surface area is 89.8 Å². The molecule has 0 aliphatic carbocycles. The molecule has 11 heavy (non-hydrogen) atoms. The average molecular weight is 246 g/mol. The second kappa shape index (κ2) is 79.3. The van der Waals surface area contributed by atoms with Crippen LogP contribution in [-0.4, -0.2) is 27.3 Å². The Bertz CT molecular complexity index is 37.1. The summed E-state index contributed by atoms with van der Waals surface area (Å²) in [5.41, 5.74) is 0. The van der Waals surface area contributed by atoms with Gasteiger partial charge in [0.1, 0.15) is 0 Å².